The van der Waals surface area contributed by atoms with Gasteiger partial charge in [-0.2, -0.15) is 0 Å². The standard InChI is InChI=1S/C16H23BrF2N2/c1-3-4-12-9-21(11(2)7-8-20-12)10-13-15(18)6-5-14(17)16(13)19/h5-6,11-12,20H,3-4,7-10H2,1-2H3. The van der Waals surface area contributed by atoms with Crippen LogP contribution in [0.2, 0.25) is 0 Å². The van der Waals surface area contributed by atoms with Gasteiger partial charge in [-0.1, -0.05) is 13.3 Å². The van der Waals surface area contributed by atoms with Gasteiger partial charge in [0.15, 0.2) is 0 Å². The molecule has 1 N–H and O–H groups in total. The molecule has 1 aliphatic rings. The van der Waals surface area contributed by atoms with Crippen molar-refractivity contribution in [2.75, 3.05) is 13.1 Å². The van der Waals surface area contributed by atoms with Crippen LogP contribution < -0.4 is 5.32 Å². The molecule has 0 spiro atoms. The maximum absolute atomic E-state index is 14.2. The predicted molar refractivity (Wildman–Crippen MR) is 85.2 cm³/mol. The van der Waals surface area contributed by atoms with Crippen LogP contribution in [0.3, 0.4) is 0 Å². The fourth-order valence-electron chi connectivity index (χ4n) is 2.89. The van der Waals surface area contributed by atoms with Gasteiger partial charge < -0.3 is 5.32 Å². The van der Waals surface area contributed by atoms with Crippen molar-refractivity contribution in [1.82, 2.24) is 10.2 Å². The highest BCUT2D eigenvalue weighted by Crippen LogP contribution is 2.24. The second-order valence-corrected chi connectivity index (χ2v) is 6.68. The fraction of sp³-hybridized carbons (Fsp3) is 0.625. The Bertz CT molecular complexity index is 482. The summed E-state index contributed by atoms with van der Waals surface area (Å²) in [6, 6.07) is 3.46. The molecule has 1 aliphatic heterocycles. The molecule has 0 bridgehead atoms. The summed E-state index contributed by atoms with van der Waals surface area (Å²) in [5.74, 6) is -0.946. The van der Waals surface area contributed by atoms with Crippen molar-refractivity contribution in [2.45, 2.75) is 51.7 Å². The van der Waals surface area contributed by atoms with Crippen LogP contribution >= 0.6 is 15.9 Å². The number of hydrogen-bond acceptors (Lipinski definition) is 2. The molecule has 2 rings (SSSR count). The molecule has 2 unspecified atom stereocenters. The number of nitrogens with zero attached hydrogens (tertiary/aromatic N) is 1. The van der Waals surface area contributed by atoms with Gasteiger partial charge in [0.1, 0.15) is 11.6 Å². The van der Waals surface area contributed by atoms with Gasteiger partial charge in [0, 0.05) is 30.7 Å². The van der Waals surface area contributed by atoms with E-state index in [2.05, 4.69) is 40.0 Å². The van der Waals surface area contributed by atoms with E-state index >= 15 is 0 Å². The van der Waals surface area contributed by atoms with Gasteiger partial charge in [-0.05, 0) is 54.4 Å². The zero-order valence-electron chi connectivity index (χ0n) is 12.6. The molecule has 21 heavy (non-hydrogen) atoms. The molecule has 0 aromatic heterocycles. The van der Waals surface area contributed by atoms with E-state index in [1.165, 1.54) is 12.1 Å². The summed E-state index contributed by atoms with van der Waals surface area (Å²) in [6.45, 7) is 6.41. The highest BCUT2D eigenvalue weighted by Gasteiger charge is 2.25. The number of nitrogens with one attached hydrogen (secondary N) is 1. The SMILES string of the molecule is CCCC1CN(Cc2c(F)ccc(Br)c2F)C(C)CCN1. The average Bonchev–Trinajstić information content (AvgIpc) is 2.62. The largest absolute Gasteiger partial charge is 0.313 e. The van der Waals surface area contributed by atoms with Gasteiger partial charge in [0.05, 0.1) is 4.47 Å². The quantitative estimate of drug-likeness (QED) is 0.813. The minimum atomic E-state index is -0.480. The summed E-state index contributed by atoms with van der Waals surface area (Å²) in [7, 11) is 0. The first-order chi connectivity index (χ1) is 10.0. The summed E-state index contributed by atoms with van der Waals surface area (Å²) >= 11 is 3.14. The average molecular weight is 361 g/mol. The summed E-state index contributed by atoms with van der Waals surface area (Å²) < 4.78 is 28.4. The second-order valence-electron chi connectivity index (χ2n) is 5.83. The van der Waals surface area contributed by atoms with Crippen LogP contribution in [-0.2, 0) is 6.54 Å². The molecule has 2 atom stereocenters. The van der Waals surface area contributed by atoms with Crippen molar-refractivity contribution in [3.8, 4) is 0 Å². The van der Waals surface area contributed by atoms with E-state index in [0.717, 1.165) is 32.4 Å². The molecule has 1 saturated heterocycles. The van der Waals surface area contributed by atoms with Crippen molar-refractivity contribution in [2.24, 2.45) is 0 Å². The summed E-state index contributed by atoms with van der Waals surface area (Å²) in [5, 5.41) is 3.53. The lowest BCUT2D eigenvalue weighted by atomic mass is 10.1. The maximum atomic E-state index is 14.2. The first-order valence-corrected chi connectivity index (χ1v) is 8.42. The third kappa shape index (κ3) is 4.24. The Hall–Kier alpha value is -0.520. The van der Waals surface area contributed by atoms with Gasteiger partial charge >= 0.3 is 0 Å². The van der Waals surface area contributed by atoms with Crippen LogP contribution in [0.15, 0.2) is 16.6 Å². The normalized spacial score (nSPS) is 24.0. The highest BCUT2D eigenvalue weighted by atomic mass is 79.9. The Morgan fingerprint density at radius 1 is 1.38 bits per heavy atom. The third-order valence-corrected chi connectivity index (χ3v) is 4.82. The Balaban J connectivity index is 2.17. The van der Waals surface area contributed by atoms with Crippen molar-refractivity contribution in [3.05, 3.63) is 33.8 Å². The van der Waals surface area contributed by atoms with Crippen molar-refractivity contribution in [1.29, 1.82) is 0 Å². The van der Waals surface area contributed by atoms with E-state index < -0.39 is 11.6 Å². The first kappa shape index (κ1) is 16.8. The summed E-state index contributed by atoms with van der Waals surface area (Å²) in [4.78, 5) is 2.19. The first-order valence-electron chi connectivity index (χ1n) is 7.62. The monoisotopic (exact) mass is 360 g/mol. The lowest BCUT2D eigenvalue weighted by Crippen LogP contribution is -2.40. The van der Waals surface area contributed by atoms with Gasteiger partial charge in [-0.25, -0.2) is 8.78 Å². The fourth-order valence-corrected chi connectivity index (χ4v) is 3.26. The molecule has 0 radical (unpaired) electrons. The Labute approximate surface area is 134 Å². The van der Waals surface area contributed by atoms with Gasteiger partial charge in [-0.15, -0.1) is 0 Å². The zero-order valence-corrected chi connectivity index (χ0v) is 14.2. The number of halogens is 3. The molecule has 1 heterocycles. The molecule has 118 valence electrons. The van der Waals surface area contributed by atoms with E-state index in [1.807, 2.05) is 0 Å². The van der Waals surface area contributed by atoms with Crippen LogP contribution in [-0.4, -0.2) is 30.1 Å². The summed E-state index contributed by atoms with van der Waals surface area (Å²) in [5.41, 5.74) is 0.161. The molecule has 0 amide bonds. The molecular weight excluding hydrogens is 338 g/mol. The topological polar surface area (TPSA) is 15.3 Å². The van der Waals surface area contributed by atoms with E-state index in [4.69, 9.17) is 0 Å². The lowest BCUT2D eigenvalue weighted by molar-refractivity contribution is 0.188. The van der Waals surface area contributed by atoms with Crippen LogP contribution in [0.25, 0.3) is 0 Å². The number of rotatable bonds is 4. The Kier molecular flexibility index (Phi) is 6.14. The van der Waals surface area contributed by atoms with E-state index in [0.29, 0.717) is 23.1 Å². The molecule has 0 aliphatic carbocycles. The zero-order chi connectivity index (χ0) is 15.4. The highest BCUT2D eigenvalue weighted by molar-refractivity contribution is 9.10. The molecular formula is C16H23BrF2N2. The molecule has 2 nitrogen and oxygen atoms in total. The van der Waals surface area contributed by atoms with Gasteiger partial charge in [0.25, 0.3) is 0 Å². The minimum absolute atomic E-state index is 0.161. The third-order valence-electron chi connectivity index (χ3n) is 4.21. The molecule has 1 aromatic rings. The van der Waals surface area contributed by atoms with Crippen molar-refractivity contribution >= 4 is 15.9 Å². The lowest BCUT2D eigenvalue weighted by Gasteiger charge is -2.29. The predicted octanol–water partition coefficient (Wildman–Crippen LogP) is 4.08. The van der Waals surface area contributed by atoms with Crippen molar-refractivity contribution in [3.63, 3.8) is 0 Å². The van der Waals surface area contributed by atoms with Crippen LogP contribution in [0.1, 0.15) is 38.7 Å². The van der Waals surface area contributed by atoms with E-state index in [9.17, 15) is 8.78 Å². The van der Waals surface area contributed by atoms with Gasteiger partial charge in [-0.3, -0.25) is 4.90 Å². The Morgan fingerprint density at radius 2 is 2.14 bits per heavy atom. The van der Waals surface area contributed by atoms with Gasteiger partial charge in [0.2, 0.25) is 0 Å². The smallest absolute Gasteiger partial charge is 0.144 e. The number of hydrogen-bond donors (Lipinski definition) is 1. The molecule has 5 heteroatoms. The minimum Gasteiger partial charge on any atom is -0.313 e. The van der Waals surface area contributed by atoms with Crippen LogP contribution in [0.5, 0.6) is 0 Å². The second kappa shape index (κ2) is 7.65. The van der Waals surface area contributed by atoms with E-state index in [-0.39, 0.29) is 5.56 Å². The molecule has 0 saturated carbocycles. The Morgan fingerprint density at radius 3 is 2.86 bits per heavy atom. The molecule has 1 aromatic carbocycles. The van der Waals surface area contributed by atoms with Crippen LogP contribution in [0, 0.1) is 11.6 Å². The van der Waals surface area contributed by atoms with Crippen LogP contribution in [0.4, 0.5) is 8.78 Å². The summed E-state index contributed by atoms with van der Waals surface area (Å²) in [6.07, 6.45) is 3.20. The molecule has 1 fully saturated rings. The number of benzene rings is 1. The van der Waals surface area contributed by atoms with Crippen molar-refractivity contribution < 1.29 is 8.78 Å². The van der Waals surface area contributed by atoms with E-state index in [1.54, 1.807) is 0 Å². The maximum Gasteiger partial charge on any atom is 0.144 e.